The molecule has 0 aliphatic rings. The van der Waals surface area contributed by atoms with Crippen molar-refractivity contribution in [3.8, 4) is 0 Å². The van der Waals surface area contributed by atoms with Crippen LogP contribution in [0.25, 0.3) is 0 Å². The largest absolute Gasteiger partial charge is 0.267 e. The second-order valence-electron chi connectivity index (χ2n) is 5.28. The summed E-state index contributed by atoms with van der Waals surface area (Å²) < 4.78 is 56.5. The maximum Gasteiger partial charge on any atom is 0.267 e. The minimum atomic E-state index is -3.55. The van der Waals surface area contributed by atoms with Crippen LogP contribution >= 0.6 is 0 Å². The van der Waals surface area contributed by atoms with Crippen LogP contribution in [0, 0.1) is 0 Å². The highest BCUT2D eigenvalue weighted by Crippen LogP contribution is 2.13. The lowest BCUT2D eigenvalue weighted by molar-refractivity contribution is 0.140. The normalized spacial score (nSPS) is 15.8. The summed E-state index contributed by atoms with van der Waals surface area (Å²) in [5.74, 6) is -0.0320. The molecular formula is C13H28O6S2. The van der Waals surface area contributed by atoms with E-state index in [9.17, 15) is 16.8 Å². The van der Waals surface area contributed by atoms with Crippen LogP contribution in [0.3, 0.4) is 0 Å². The minimum absolute atomic E-state index is 0.0160. The molecule has 0 radical (unpaired) electrons. The molecule has 2 atom stereocenters. The SMILES string of the molecule is CCCCS(=O)(=O)OC(C)CC(C)OS(=O)(=O)CCCC. The first-order valence-electron chi connectivity index (χ1n) is 7.43. The zero-order valence-electron chi connectivity index (χ0n) is 13.4. The van der Waals surface area contributed by atoms with E-state index in [-0.39, 0.29) is 17.9 Å². The Bertz CT molecular complexity index is 425. The van der Waals surface area contributed by atoms with Gasteiger partial charge in [-0.3, -0.25) is 8.37 Å². The lowest BCUT2D eigenvalue weighted by Gasteiger charge is -2.18. The quantitative estimate of drug-likeness (QED) is 0.505. The Balaban J connectivity index is 4.29. The van der Waals surface area contributed by atoms with Crippen LogP contribution in [-0.2, 0) is 28.6 Å². The summed E-state index contributed by atoms with van der Waals surface area (Å²) in [5.41, 5.74) is 0. The second-order valence-corrected chi connectivity index (χ2v) is 8.71. The molecule has 0 bridgehead atoms. The van der Waals surface area contributed by atoms with E-state index >= 15 is 0 Å². The fourth-order valence-electron chi connectivity index (χ4n) is 1.79. The Kier molecular flexibility index (Phi) is 9.68. The van der Waals surface area contributed by atoms with Crippen molar-refractivity contribution in [1.29, 1.82) is 0 Å². The van der Waals surface area contributed by atoms with E-state index in [1.54, 1.807) is 13.8 Å². The summed E-state index contributed by atoms with van der Waals surface area (Å²) in [6, 6.07) is 0. The lowest BCUT2D eigenvalue weighted by Crippen LogP contribution is -2.25. The van der Waals surface area contributed by atoms with Crippen LogP contribution in [0.15, 0.2) is 0 Å². The van der Waals surface area contributed by atoms with Gasteiger partial charge < -0.3 is 0 Å². The van der Waals surface area contributed by atoms with Crippen molar-refractivity contribution in [2.75, 3.05) is 11.5 Å². The number of hydrogen-bond acceptors (Lipinski definition) is 6. The second kappa shape index (κ2) is 9.76. The van der Waals surface area contributed by atoms with Gasteiger partial charge in [0, 0.05) is 6.42 Å². The highest BCUT2D eigenvalue weighted by Gasteiger charge is 2.21. The maximum atomic E-state index is 11.6. The van der Waals surface area contributed by atoms with E-state index in [4.69, 9.17) is 8.37 Å². The topological polar surface area (TPSA) is 86.7 Å². The molecule has 128 valence electrons. The number of hydrogen-bond donors (Lipinski definition) is 0. The van der Waals surface area contributed by atoms with Crippen molar-refractivity contribution in [3.63, 3.8) is 0 Å². The smallest absolute Gasteiger partial charge is 0.267 e. The lowest BCUT2D eigenvalue weighted by atomic mass is 10.2. The van der Waals surface area contributed by atoms with Gasteiger partial charge in [0.05, 0.1) is 23.7 Å². The van der Waals surface area contributed by atoms with Crippen molar-refractivity contribution in [2.45, 2.75) is 72.0 Å². The summed E-state index contributed by atoms with van der Waals surface area (Å²) in [5, 5.41) is 0. The molecule has 0 aromatic heterocycles. The monoisotopic (exact) mass is 344 g/mol. The molecule has 0 saturated carbocycles. The van der Waals surface area contributed by atoms with E-state index in [1.807, 2.05) is 13.8 Å². The van der Waals surface area contributed by atoms with Crippen molar-refractivity contribution in [1.82, 2.24) is 0 Å². The fourth-order valence-corrected chi connectivity index (χ4v) is 4.42. The first kappa shape index (κ1) is 20.8. The molecule has 0 heterocycles. The third kappa shape index (κ3) is 11.1. The molecule has 0 aromatic carbocycles. The van der Waals surface area contributed by atoms with Crippen LogP contribution in [0.2, 0.25) is 0 Å². The van der Waals surface area contributed by atoms with Gasteiger partial charge in [0.2, 0.25) is 0 Å². The maximum absolute atomic E-state index is 11.6. The number of unbranched alkanes of at least 4 members (excludes halogenated alkanes) is 2. The molecule has 0 spiro atoms. The van der Waals surface area contributed by atoms with Crippen LogP contribution in [0.4, 0.5) is 0 Å². The van der Waals surface area contributed by atoms with Crippen molar-refractivity contribution >= 4 is 20.2 Å². The third-order valence-corrected chi connectivity index (χ3v) is 5.60. The molecule has 8 heteroatoms. The van der Waals surface area contributed by atoms with Gasteiger partial charge in [-0.25, -0.2) is 0 Å². The van der Waals surface area contributed by atoms with Gasteiger partial charge in [0.15, 0.2) is 0 Å². The van der Waals surface area contributed by atoms with Gasteiger partial charge in [-0.05, 0) is 26.7 Å². The van der Waals surface area contributed by atoms with Gasteiger partial charge >= 0.3 is 0 Å². The van der Waals surface area contributed by atoms with E-state index in [2.05, 4.69) is 0 Å². The van der Waals surface area contributed by atoms with Crippen molar-refractivity contribution in [3.05, 3.63) is 0 Å². The molecule has 6 nitrogen and oxygen atoms in total. The molecule has 0 amide bonds. The first-order valence-corrected chi connectivity index (χ1v) is 10.6. The molecule has 0 aliphatic carbocycles. The third-order valence-electron chi connectivity index (χ3n) is 2.78. The fraction of sp³-hybridized carbons (Fsp3) is 1.00. The van der Waals surface area contributed by atoms with E-state index in [0.29, 0.717) is 12.8 Å². The Morgan fingerprint density at radius 2 is 1.10 bits per heavy atom. The highest BCUT2D eigenvalue weighted by atomic mass is 32.2. The molecule has 2 unspecified atom stereocenters. The predicted molar refractivity (Wildman–Crippen MR) is 83.1 cm³/mol. The van der Waals surface area contributed by atoms with Gasteiger partial charge in [-0.15, -0.1) is 0 Å². The predicted octanol–water partition coefficient (Wildman–Crippen LogP) is 2.45. The Labute approximate surface area is 129 Å². The summed E-state index contributed by atoms with van der Waals surface area (Å²) in [6.45, 7) is 7.00. The molecule has 0 N–H and O–H groups in total. The molecule has 0 aromatic rings. The first-order chi connectivity index (χ1) is 9.62. The summed E-state index contributed by atoms with van der Waals surface area (Å²) in [7, 11) is -7.10. The van der Waals surface area contributed by atoms with Crippen LogP contribution in [0.5, 0.6) is 0 Å². The Morgan fingerprint density at radius 3 is 1.38 bits per heavy atom. The van der Waals surface area contributed by atoms with Crippen LogP contribution in [0.1, 0.15) is 59.8 Å². The summed E-state index contributed by atoms with van der Waals surface area (Å²) in [6.07, 6.45) is 1.63. The molecule has 0 aliphatic heterocycles. The van der Waals surface area contributed by atoms with Crippen molar-refractivity contribution < 1.29 is 25.2 Å². The van der Waals surface area contributed by atoms with E-state index < -0.39 is 32.4 Å². The molecule has 0 saturated heterocycles. The van der Waals surface area contributed by atoms with Crippen LogP contribution < -0.4 is 0 Å². The zero-order chi connectivity index (χ0) is 16.5. The average Bonchev–Trinajstić information content (AvgIpc) is 2.32. The average molecular weight is 344 g/mol. The Morgan fingerprint density at radius 1 is 0.762 bits per heavy atom. The van der Waals surface area contributed by atoms with E-state index in [1.165, 1.54) is 0 Å². The highest BCUT2D eigenvalue weighted by molar-refractivity contribution is 7.87. The zero-order valence-corrected chi connectivity index (χ0v) is 15.0. The van der Waals surface area contributed by atoms with E-state index in [0.717, 1.165) is 12.8 Å². The summed E-state index contributed by atoms with van der Waals surface area (Å²) >= 11 is 0. The van der Waals surface area contributed by atoms with Gasteiger partial charge in [-0.2, -0.15) is 16.8 Å². The molecule has 0 fully saturated rings. The molecule has 0 rings (SSSR count). The van der Waals surface area contributed by atoms with Gasteiger partial charge in [0.1, 0.15) is 0 Å². The minimum Gasteiger partial charge on any atom is -0.267 e. The number of rotatable bonds is 12. The molecule has 21 heavy (non-hydrogen) atoms. The molecular weight excluding hydrogens is 316 g/mol. The Hall–Kier alpha value is -0.180. The van der Waals surface area contributed by atoms with Gasteiger partial charge in [-0.1, -0.05) is 26.7 Å². The van der Waals surface area contributed by atoms with Gasteiger partial charge in [0.25, 0.3) is 20.2 Å². The van der Waals surface area contributed by atoms with Crippen LogP contribution in [-0.4, -0.2) is 40.5 Å². The van der Waals surface area contributed by atoms with Crippen molar-refractivity contribution in [2.24, 2.45) is 0 Å². The summed E-state index contributed by atoms with van der Waals surface area (Å²) in [4.78, 5) is 0. The standard InChI is InChI=1S/C13H28O6S2/c1-5-7-9-20(14,15)18-12(3)11-13(4)19-21(16,17)10-8-6-2/h12-13H,5-11H2,1-4H3.